The minimum absolute atomic E-state index is 0.284. The van der Waals surface area contributed by atoms with Crippen molar-refractivity contribution in [2.75, 3.05) is 25.5 Å². The molecule has 2 amide bonds. The number of carbonyl (C=O) groups is 1. The van der Waals surface area contributed by atoms with E-state index in [4.69, 9.17) is 4.74 Å². The lowest BCUT2D eigenvalue weighted by atomic mass is 9.94. The molecule has 0 radical (unpaired) electrons. The number of rotatable bonds is 3. The van der Waals surface area contributed by atoms with E-state index in [1.165, 1.54) is 18.3 Å². The minimum Gasteiger partial charge on any atom is -0.494 e. The Hall–Kier alpha value is -3.26. The number of likely N-dealkylation sites (tertiary alicyclic amines) is 1. The fraction of sp³-hybridized carbons (Fsp3) is 0.318. The average Bonchev–Trinajstić information content (AvgIpc) is 2.73. The Kier molecular flexibility index (Phi) is 5.26. The molecule has 2 N–H and O–H groups in total. The Balaban J connectivity index is 1.63. The molecule has 0 saturated carbocycles. The van der Waals surface area contributed by atoms with Crippen molar-refractivity contribution >= 4 is 22.9 Å². The zero-order valence-corrected chi connectivity index (χ0v) is 16.9. The quantitative estimate of drug-likeness (QED) is 0.685. The van der Waals surface area contributed by atoms with Crippen LogP contribution in [0.3, 0.4) is 0 Å². The number of ether oxygens (including phenoxy) is 1. The lowest BCUT2D eigenvalue weighted by Gasteiger charge is -2.35. The van der Waals surface area contributed by atoms with Crippen LogP contribution in [0.15, 0.2) is 42.6 Å². The second-order valence-corrected chi connectivity index (χ2v) is 7.69. The van der Waals surface area contributed by atoms with Crippen LogP contribution in [-0.4, -0.2) is 51.8 Å². The Bertz CT molecular complexity index is 1080. The van der Waals surface area contributed by atoms with Crippen LogP contribution >= 0.6 is 0 Å². The average molecular weight is 410 g/mol. The van der Waals surface area contributed by atoms with Crippen molar-refractivity contribution in [1.82, 2.24) is 14.9 Å². The third-order valence-corrected chi connectivity index (χ3v) is 5.40. The lowest BCUT2D eigenvalue weighted by Crippen LogP contribution is -2.46. The number of carbonyl (C=O) groups excluding carboxylic acids is 1. The normalized spacial score (nSPS) is 15.8. The van der Waals surface area contributed by atoms with Crippen LogP contribution in [0.5, 0.6) is 5.75 Å². The maximum atomic E-state index is 13.3. The molecular formula is C22H23FN4O3. The number of hydrogen-bond acceptors (Lipinski definition) is 5. The minimum atomic E-state index is -0.732. The molecule has 3 aromatic rings. The lowest BCUT2D eigenvalue weighted by molar-refractivity contribution is 0.00569. The van der Waals surface area contributed by atoms with Gasteiger partial charge in [-0.1, -0.05) is 12.1 Å². The first-order valence-corrected chi connectivity index (χ1v) is 9.74. The first-order valence-electron chi connectivity index (χ1n) is 9.74. The summed E-state index contributed by atoms with van der Waals surface area (Å²) in [6, 6.07) is 9.48. The molecule has 1 aliphatic rings. The zero-order valence-electron chi connectivity index (χ0n) is 16.9. The fourth-order valence-corrected chi connectivity index (χ4v) is 3.54. The van der Waals surface area contributed by atoms with E-state index >= 15 is 0 Å². The van der Waals surface area contributed by atoms with E-state index in [0.29, 0.717) is 48.5 Å². The Morgan fingerprint density at radius 2 is 1.87 bits per heavy atom. The van der Waals surface area contributed by atoms with Crippen LogP contribution in [0.2, 0.25) is 0 Å². The molecule has 0 atom stereocenters. The van der Waals surface area contributed by atoms with Gasteiger partial charge < -0.3 is 14.7 Å². The predicted octanol–water partition coefficient (Wildman–Crippen LogP) is 3.82. The van der Waals surface area contributed by atoms with Crippen LogP contribution in [0.25, 0.3) is 22.2 Å². The van der Waals surface area contributed by atoms with Crippen molar-refractivity contribution in [2.45, 2.75) is 25.4 Å². The molecule has 0 spiro atoms. The van der Waals surface area contributed by atoms with Gasteiger partial charge in [-0.2, -0.15) is 0 Å². The van der Waals surface area contributed by atoms with Gasteiger partial charge in [0.1, 0.15) is 22.6 Å². The van der Waals surface area contributed by atoms with E-state index in [-0.39, 0.29) is 11.8 Å². The van der Waals surface area contributed by atoms with Gasteiger partial charge in [-0.05, 0) is 49.6 Å². The number of piperidine rings is 1. The topological polar surface area (TPSA) is 87.6 Å². The maximum Gasteiger partial charge on any atom is 0.323 e. The van der Waals surface area contributed by atoms with Crippen molar-refractivity contribution in [1.29, 1.82) is 0 Å². The summed E-state index contributed by atoms with van der Waals surface area (Å²) in [5, 5.41) is 12.8. The molecule has 1 fully saturated rings. The zero-order chi connectivity index (χ0) is 21.3. The molecule has 2 aromatic carbocycles. The summed E-state index contributed by atoms with van der Waals surface area (Å²) in [7, 11) is 1.54. The molecule has 7 nitrogen and oxygen atoms in total. The van der Waals surface area contributed by atoms with E-state index in [2.05, 4.69) is 15.3 Å². The molecule has 2 heterocycles. The number of benzene rings is 2. The van der Waals surface area contributed by atoms with Gasteiger partial charge in [-0.3, -0.25) is 5.32 Å². The number of amides is 2. The number of hydrogen-bond donors (Lipinski definition) is 2. The van der Waals surface area contributed by atoms with Crippen molar-refractivity contribution in [2.24, 2.45) is 0 Å². The van der Waals surface area contributed by atoms with E-state index in [1.807, 2.05) is 6.07 Å². The third kappa shape index (κ3) is 4.04. The second kappa shape index (κ2) is 7.87. The van der Waals surface area contributed by atoms with Crippen molar-refractivity contribution in [3.8, 4) is 16.9 Å². The molecule has 4 rings (SSSR count). The third-order valence-electron chi connectivity index (χ3n) is 5.40. The summed E-state index contributed by atoms with van der Waals surface area (Å²) in [6.07, 6.45) is 2.55. The van der Waals surface area contributed by atoms with E-state index < -0.39 is 5.60 Å². The van der Waals surface area contributed by atoms with Gasteiger partial charge >= 0.3 is 6.03 Å². The number of fused-ring (bicyclic) bond motifs is 1. The Morgan fingerprint density at radius 1 is 1.17 bits per heavy atom. The SMILES string of the molecule is COc1ccc(-c2ccc(F)cc2)c2ncc(NC(=O)N3CCC(C)(O)CC3)nc12. The van der Waals surface area contributed by atoms with Crippen LogP contribution in [0.4, 0.5) is 15.0 Å². The van der Waals surface area contributed by atoms with E-state index in [0.717, 1.165) is 11.1 Å². The van der Waals surface area contributed by atoms with Gasteiger partial charge in [-0.15, -0.1) is 0 Å². The molecule has 156 valence electrons. The van der Waals surface area contributed by atoms with Crippen molar-refractivity contribution in [3.05, 3.63) is 48.4 Å². The monoisotopic (exact) mass is 410 g/mol. The molecule has 1 aromatic heterocycles. The molecule has 0 bridgehead atoms. The Labute approximate surface area is 173 Å². The van der Waals surface area contributed by atoms with Crippen molar-refractivity contribution < 1.29 is 19.0 Å². The molecule has 0 unspecified atom stereocenters. The molecule has 1 aliphatic heterocycles. The van der Waals surface area contributed by atoms with Gasteiger partial charge in [0.15, 0.2) is 5.82 Å². The number of aromatic nitrogens is 2. The van der Waals surface area contributed by atoms with Gasteiger partial charge in [-0.25, -0.2) is 19.2 Å². The van der Waals surface area contributed by atoms with Crippen molar-refractivity contribution in [3.63, 3.8) is 0 Å². The molecule has 8 heteroatoms. The fourth-order valence-electron chi connectivity index (χ4n) is 3.54. The van der Waals surface area contributed by atoms with Gasteiger partial charge in [0.2, 0.25) is 0 Å². The highest BCUT2D eigenvalue weighted by Crippen LogP contribution is 2.33. The summed E-state index contributed by atoms with van der Waals surface area (Å²) < 4.78 is 18.7. The number of nitrogens with zero attached hydrogens (tertiary/aromatic N) is 3. The largest absolute Gasteiger partial charge is 0.494 e. The highest BCUT2D eigenvalue weighted by Gasteiger charge is 2.29. The van der Waals surface area contributed by atoms with E-state index in [1.54, 1.807) is 37.1 Å². The number of anilines is 1. The van der Waals surface area contributed by atoms with Gasteiger partial charge in [0, 0.05) is 18.7 Å². The van der Waals surface area contributed by atoms with Crippen LogP contribution in [-0.2, 0) is 0 Å². The summed E-state index contributed by atoms with van der Waals surface area (Å²) in [6.45, 7) is 2.72. The number of methoxy groups -OCH3 is 1. The molecule has 0 aliphatic carbocycles. The highest BCUT2D eigenvalue weighted by atomic mass is 19.1. The first-order chi connectivity index (χ1) is 14.4. The highest BCUT2D eigenvalue weighted by molar-refractivity contribution is 5.96. The van der Waals surface area contributed by atoms with E-state index in [9.17, 15) is 14.3 Å². The predicted molar refractivity (Wildman–Crippen MR) is 112 cm³/mol. The second-order valence-electron chi connectivity index (χ2n) is 7.69. The summed E-state index contributed by atoms with van der Waals surface area (Å²) in [5.74, 6) is 0.514. The summed E-state index contributed by atoms with van der Waals surface area (Å²) in [5.41, 5.74) is 1.94. The summed E-state index contributed by atoms with van der Waals surface area (Å²) >= 11 is 0. The first kappa shape index (κ1) is 20.0. The number of aliphatic hydroxyl groups is 1. The van der Waals surface area contributed by atoms with Crippen LogP contribution < -0.4 is 10.1 Å². The van der Waals surface area contributed by atoms with Crippen LogP contribution in [0.1, 0.15) is 19.8 Å². The number of halogens is 1. The smallest absolute Gasteiger partial charge is 0.323 e. The van der Waals surface area contributed by atoms with Gasteiger partial charge in [0.25, 0.3) is 0 Å². The molecule has 30 heavy (non-hydrogen) atoms. The maximum absolute atomic E-state index is 13.3. The standard InChI is InChI=1S/C22H23FN4O3/c1-22(29)9-11-27(12-10-22)21(28)26-18-13-24-19-16(14-3-5-15(23)6-4-14)7-8-17(30-2)20(19)25-18/h3-8,13,29H,9-12H2,1-2H3,(H,25,26,28). The van der Waals surface area contributed by atoms with Crippen LogP contribution in [0, 0.1) is 5.82 Å². The summed E-state index contributed by atoms with van der Waals surface area (Å²) in [4.78, 5) is 23.3. The number of nitrogens with one attached hydrogen (secondary N) is 1. The molecule has 1 saturated heterocycles. The number of urea groups is 1. The van der Waals surface area contributed by atoms with Gasteiger partial charge in [0.05, 0.1) is 18.9 Å². The molecular weight excluding hydrogens is 387 g/mol. The Morgan fingerprint density at radius 3 is 2.53 bits per heavy atom.